The van der Waals surface area contributed by atoms with E-state index in [4.69, 9.17) is 4.74 Å². The second-order valence-corrected chi connectivity index (χ2v) is 6.65. The van der Waals surface area contributed by atoms with Gasteiger partial charge in [0.25, 0.3) is 0 Å². The number of amides is 1. The van der Waals surface area contributed by atoms with E-state index >= 15 is 0 Å². The van der Waals surface area contributed by atoms with Crippen LogP contribution in [0.15, 0.2) is 49.3 Å². The molecule has 3 heterocycles. The molecule has 3 aromatic rings. The van der Waals surface area contributed by atoms with Crippen molar-refractivity contribution >= 4 is 5.91 Å². The molecule has 4 rings (SSSR count). The van der Waals surface area contributed by atoms with E-state index in [1.807, 2.05) is 18.2 Å². The first-order valence-corrected chi connectivity index (χ1v) is 9.20. The van der Waals surface area contributed by atoms with Crippen molar-refractivity contribution in [1.82, 2.24) is 24.6 Å². The van der Waals surface area contributed by atoms with Crippen molar-refractivity contribution in [2.24, 2.45) is 0 Å². The van der Waals surface area contributed by atoms with Gasteiger partial charge in [0.05, 0.1) is 6.54 Å². The molecule has 1 aliphatic heterocycles. The monoisotopic (exact) mass is 379 g/mol. The second kappa shape index (κ2) is 8.08. The first-order chi connectivity index (χ1) is 13.7. The van der Waals surface area contributed by atoms with E-state index in [0.29, 0.717) is 44.8 Å². The summed E-state index contributed by atoms with van der Waals surface area (Å²) in [4.78, 5) is 22.5. The number of aromatic nitrogens is 4. The van der Waals surface area contributed by atoms with E-state index in [1.54, 1.807) is 34.4 Å². The largest absolute Gasteiger partial charge is 0.504 e. The lowest BCUT2D eigenvalue weighted by Gasteiger charge is -2.20. The van der Waals surface area contributed by atoms with Crippen molar-refractivity contribution in [1.29, 1.82) is 0 Å². The van der Waals surface area contributed by atoms with Crippen LogP contribution < -0.4 is 4.74 Å². The normalized spacial score (nSPS) is 13.5. The molecule has 1 N–H and O–H groups in total. The number of ether oxygens (including phenoxy) is 1. The minimum Gasteiger partial charge on any atom is -0.504 e. The molecule has 0 saturated heterocycles. The third kappa shape index (κ3) is 3.95. The highest BCUT2D eigenvalue weighted by atomic mass is 16.5. The first-order valence-electron chi connectivity index (χ1n) is 9.20. The van der Waals surface area contributed by atoms with Crippen LogP contribution in [-0.2, 0) is 17.9 Å². The zero-order chi connectivity index (χ0) is 19.3. The van der Waals surface area contributed by atoms with E-state index in [9.17, 15) is 9.90 Å². The number of rotatable bonds is 5. The van der Waals surface area contributed by atoms with Crippen LogP contribution in [0.4, 0.5) is 0 Å². The SMILES string of the molecule is O=C(CCCn1cncn1)N1CCOc2c(O)cc(-c3cccnc3)cc2C1. The molecular formula is C20H21N5O3. The Kier molecular flexibility index (Phi) is 5.18. The van der Waals surface area contributed by atoms with Crippen molar-refractivity contribution in [2.45, 2.75) is 25.9 Å². The number of aryl methyl sites for hydroxylation is 1. The summed E-state index contributed by atoms with van der Waals surface area (Å²) < 4.78 is 7.45. The quantitative estimate of drug-likeness (QED) is 0.731. The van der Waals surface area contributed by atoms with E-state index < -0.39 is 0 Å². The Hall–Kier alpha value is -3.42. The lowest BCUT2D eigenvalue weighted by Crippen LogP contribution is -2.32. The molecule has 0 radical (unpaired) electrons. The number of hydrogen-bond acceptors (Lipinski definition) is 6. The zero-order valence-corrected chi connectivity index (χ0v) is 15.4. The number of phenolic OH excluding ortho intramolecular Hbond substituents is 1. The Morgan fingerprint density at radius 2 is 2.18 bits per heavy atom. The van der Waals surface area contributed by atoms with Crippen molar-refractivity contribution in [2.75, 3.05) is 13.2 Å². The predicted molar refractivity (Wildman–Crippen MR) is 102 cm³/mol. The fourth-order valence-electron chi connectivity index (χ4n) is 3.31. The molecule has 0 saturated carbocycles. The fraction of sp³-hybridized carbons (Fsp3) is 0.300. The number of benzene rings is 1. The zero-order valence-electron chi connectivity index (χ0n) is 15.4. The minimum atomic E-state index is 0.0582. The number of hydrogen-bond donors (Lipinski definition) is 1. The molecule has 28 heavy (non-hydrogen) atoms. The summed E-state index contributed by atoms with van der Waals surface area (Å²) in [6.45, 7) is 1.89. The Morgan fingerprint density at radius 1 is 1.25 bits per heavy atom. The van der Waals surface area contributed by atoms with Crippen LogP contribution in [0.1, 0.15) is 18.4 Å². The molecule has 1 aliphatic rings. The van der Waals surface area contributed by atoms with E-state index in [0.717, 1.165) is 16.7 Å². The molecule has 0 aliphatic carbocycles. The topological polar surface area (TPSA) is 93.4 Å². The van der Waals surface area contributed by atoms with Gasteiger partial charge < -0.3 is 14.7 Å². The van der Waals surface area contributed by atoms with Gasteiger partial charge >= 0.3 is 0 Å². The molecule has 8 heteroatoms. The van der Waals surface area contributed by atoms with Crippen LogP contribution >= 0.6 is 0 Å². The Labute approximate surface area is 162 Å². The molecule has 0 unspecified atom stereocenters. The van der Waals surface area contributed by atoms with Gasteiger partial charge in [-0.15, -0.1) is 0 Å². The number of aromatic hydroxyl groups is 1. The summed E-state index contributed by atoms with van der Waals surface area (Å²) in [5, 5.41) is 14.5. The van der Waals surface area contributed by atoms with Gasteiger partial charge in [-0.25, -0.2) is 4.98 Å². The van der Waals surface area contributed by atoms with Crippen molar-refractivity contribution in [3.8, 4) is 22.6 Å². The number of fused-ring (bicyclic) bond motifs is 1. The highest BCUT2D eigenvalue weighted by Crippen LogP contribution is 2.37. The Bertz CT molecular complexity index is 944. The van der Waals surface area contributed by atoms with Crippen molar-refractivity contribution in [3.63, 3.8) is 0 Å². The van der Waals surface area contributed by atoms with Crippen LogP contribution in [0.25, 0.3) is 11.1 Å². The molecule has 1 amide bonds. The average molecular weight is 379 g/mol. The third-order valence-corrected chi connectivity index (χ3v) is 4.71. The highest BCUT2D eigenvalue weighted by molar-refractivity contribution is 5.77. The van der Waals surface area contributed by atoms with Gasteiger partial charge in [-0.1, -0.05) is 6.07 Å². The third-order valence-electron chi connectivity index (χ3n) is 4.71. The number of pyridine rings is 1. The number of phenols is 1. The summed E-state index contributed by atoms with van der Waals surface area (Å²) in [6, 6.07) is 7.40. The summed E-state index contributed by atoms with van der Waals surface area (Å²) in [7, 11) is 0. The molecule has 2 aromatic heterocycles. The summed E-state index contributed by atoms with van der Waals surface area (Å²) in [5.41, 5.74) is 2.53. The van der Waals surface area contributed by atoms with Gasteiger partial charge in [0.15, 0.2) is 11.5 Å². The molecule has 0 bridgehead atoms. The van der Waals surface area contributed by atoms with Gasteiger partial charge in [-0.3, -0.25) is 14.5 Å². The lowest BCUT2D eigenvalue weighted by atomic mass is 10.0. The predicted octanol–water partition coefficient (Wildman–Crippen LogP) is 2.25. The summed E-state index contributed by atoms with van der Waals surface area (Å²) in [5.74, 6) is 0.588. The van der Waals surface area contributed by atoms with Crippen molar-refractivity contribution < 1.29 is 14.6 Å². The molecular weight excluding hydrogens is 358 g/mol. The Balaban J connectivity index is 1.48. The van der Waals surface area contributed by atoms with Gasteiger partial charge in [-0.2, -0.15) is 5.10 Å². The second-order valence-electron chi connectivity index (χ2n) is 6.65. The van der Waals surface area contributed by atoms with Gasteiger partial charge in [-0.05, 0) is 30.2 Å². The van der Waals surface area contributed by atoms with E-state index in [1.165, 1.54) is 6.33 Å². The maximum Gasteiger partial charge on any atom is 0.223 e. The van der Waals surface area contributed by atoms with Crippen LogP contribution in [0.5, 0.6) is 11.5 Å². The highest BCUT2D eigenvalue weighted by Gasteiger charge is 2.22. The lowest BCUT2D eigenvalue weighted by molar-refractivity contribution is -0.132. The number of carbonyl (C=O) groups is 1. The van der Waals surface area contributed by atoms with Crippen LogP contribution in [0.2, 0.25) is 0 Å². The summed E-state index contributed by atoms with van der Waals surface area (Å²) >= 11 is 0. The molecule has 0 fully saturated rings. The molecule has 0 spiro atoms. The number of nitrogens with zero attached hydrogens (tertiary/aromatic N) is 5. The fourth-order valence-corrected chi connectivity index (χ4v) is 3.31. The van der Waals surface area contributed by atoms with Gasteiger partial charge in [0, 0.05) is 43.0 Å². The van der Waals surface area contributed by atoms with E-state index in [-0.39, 0.29) is 11.7 Å². The molecule has 144 valence electrons. The van der Waals surface area contributed by atoms with Gasteiger partial charge in [0.1, 0.15) is 19.3 Å². The maximum absolute atomic E-state index is 12.7. The molecule has 0 atom stereocenters. The standard InChI is InChI=1S/C20H21N5O3/c26-18-10-16(15-3-1-5-21-11-15)9-17-12-24(7-8-28-20(17)18)19(27)4-2-6-25-14-22-13-23-25/h1,3,5,9-11,13-14,26H,2,4,6-8,12H2. The Morgan fingerprint density at radius 3 is 2.96 bits per heavy atom. The van der Waals surface area contributed by atoms with Crippen LogP contribution in [0, 0.1) is 0 Å². The summed E-state index contributed by atoms with van der Waals surface area (Å²) in [6.07, 6.45) is 7.68. The van der Waals surface area contributed by atoms with E-state index in [2.05, 4.69) is 15.1 Å². The number of carbonyl (C=O) groups excluding carboxylic acids is 1. The van der Waals surface area contributed by atoms with Crippen LogP contribution in [0.3, 0.4) is 0 Å². The minimum absolute atomic E-state index is 0.0582. The molecule has 1 aromatic carbocycles. The smallest absolute Gasteiger partial charge is 0.223 e. The van der Waals surface area contributed by atoms with Crippen LogP contribution in [-0.4, -0.2) is 48.8 Å². The van der Waals surface area contributed by atoms with Gasteiger partial charge in [0.2, 0.25) is 5.91 Å². The average Bonchev–Trinajstić information content (AvgIpc) is 3.13. The maximum atomic E-state index is 12.7. The first kappa shape index (κ1) is 18.0. The molecule has 8 nitrogen and oxygen atoms in total. The van der Waals surface area contributed by atoms with Crippen molar-refractivity contribution in [3.05, 3.63) is 54.9 Å².